The predicted octanol–water partition coefficient (Wildman–Crippen LogP) is 6.07. The Morgan fingerprint density at radius 1 is 0.923 bits per heavy atom. The molecule has 4 N–H and O–H groups in total. The molecule has 4 aromatic heterocycles. The van der Waals surface area contributed by atoms with Crippen LogP contribution in [0.15, 0.2) is 59.9 Å². The van der Waals surface area contributed by atoms with Crippen LogP contribution in [0.4, 0.5) is 23.3 Å². The number of aryl methyl sites for hydroxylation is 1. The van der Waals surface area contributed by atoms with Gasteiger partial charge in [-0.15, -0.1) is 0 Å². The summed E-state index contributed by atoms with van der Waals surface area (Å²) in [6.07, 6.45) is 9.24. The van der Waals surface area contributed by atoms with E-state index in [-0.39, 0.29) is 40.7 Å². The second-order valence-electron chi connectivity index (χ2n) is 18.0. The third kappa shape index (κ3) is 10.2. The molecule has 0 spiro atoms. The zero-order valence-electron chi connectivity index (χ0n) is 38.1. The monoisotopic (exact) mass is 904 g/mol. The number of aliphatic hydroxyl groups excluding tert-OH is 1. The zero-order chi connectivity index (χ0) is 45.8. The number of carbonyl (C=O) groups is 2. The SMILES string of the molecule is CC(=O)c1c(C)c2cnc(Nc3ccc(N4CCNCC4)cn3)nc2n(C2CCCC2)c1=O.CC(C)NCC(C(=O)N1CCN(c2ncnc3c2C(C)CC3O)CC1)c1ccc(Cl)cc1. The van der Waals surface area contributed by atoms with E-state index in [1.165, 1.54) is 6.92 Å². The van der Waals surface area contributed by atoms with Crippen LogP contribution in [0.3, 0.4) is 0 Å². The van der Waals surface area contributed by atoms with Gasteiger partial charge in [-0.1, -0.05) is 57.3 Å². The summed E-state index contributed by atoms with van der Waals surface area (Å²) in [6, 6.07) is 11.9. The summed E-state index contributed by atoms with van der Waals surface area (Å²) in [5, 5.41) is 21.6. The lowest BCUT2D eigenvalue weighted by Gasteiger charge is -2.38. The molecule has 344 valence electrons. The van der Waals surface area contributed by atoms with E-state index in [4.69, 9.17) is 16.6 Å². The number of hydrogen-bond acceptors (Lipinski definition) is 14. The minimum atomic E-state index is -0.516. The number of amides is 1. The molecular formula is C48H61ClN12O4. The van der Waals surface area contributed by atoms with Gasteiger partial charge in [-0.05, 0) is 74.4 Å². The number of anilines is 4. The average Bonchev–Trinajstić information content (AvgIpc) is 3.95. The fraction of sp³-hybridized carbons (Fsp3) is 0.500. The molecule has 3 fully saturated rings. The van der Waals surface area contributed by atoms with Gasteiger partial charge < -0.3 is 35.8 Å². The summed E-state index contributed by atoms with van der Waals surface area (Å²) in [6.45, 7) is 16.7. The first kappa shape index (κ1) is 46.0. The number of fused-ring (bicyclic) bond motifs is 2. The second-order valence-corrected chi connectivity index (χ2v) is 18.4. The topological polar surface area (TPSA) is 187 Å². The number of rotatable bonds is 11. The van der Waals surface area contributed by atoms with Crippen LogP contribution >= 0.6 is 11.6 Å². The number of Topliss-reactive ketones (excluding diaryl/α,β-unsaturated/α-hetero) is 1. The molecule has 17 heteroatoms. The van der Waals surface area contributed by atoms with Gasteiger partial charge in [-0.3, -0.25) is 19.0 Å². The number of carbonyl (C=O) groups excluding carboxylic acids is 2. The predicted molar refractivity (Wildman–Crippen MR) is 255 cm³/mol. The molecule has 65 heavy (non-hydrogen) atoms. The summed E-state index contributed by atoms with van der Waals surface area (Å²) in [7, 11) is 0. The van der Waals surface area contributed by atoms with E-state index in [1.54, 1.807) is 24.0 Å². The van der Waals surface area contributed by atoms with E-state index < -0.39 is 6.10 Å². The Morgan fingerprint density at radius 2 is 1.65 bits per heavy atom. The first-order chi connectivity index (χ1) is 31.4. The summed E-state index contributed by atoms with van der Waals surface area (Å²) < 4.78 is 1.72. The highest BCUT2D eigenvalue weighted by Crippen LogP contribution is 2.43. The summed E-state index contributed by atoms with van der Waals surface area (Å²) >= 11 is 6.06. The van der Waals surface area contributed by atoms with Crippen LogP contribution in [0.5, 0.6) is 0 Å². The molecule has 3 unspecified atom stereocenters. The summed E-state index contributed by atoms with van der Waals surface area (Å²) in [4.78, 5) is 68.2. The van der Waals surface area contributed by atoms with Gasteiger partial charge in [-0.25, -0.2) is 19.9 Å². The van der Waals surface area contributed by atoms with Gasteiger partial charge in [-0.2, -0.15) is 4.98 Å². The molecule has 3 atom stereocenters. The van der Waals surface area contributed by atoms with Gasteiger partial charge in [0.05, 0.1) is 35.2 Å². The standard InChI is InChI=1S/C24H32ClN5O2.C24H29N7O2/c1-15(2)26-13-19(17-4-6-18(25)7-5-17)24(32)30-10-8-29(9-11-30)23-21-16(3)12-20(31)22(21)27-14-28-23;1-15-19-14-27-24(28-20-8-7-18(13-26-20)30-11-9-25-10-12-30)29-22(19)31(17-5-3-4-6-17)23(33)21(15)16(2)32/h4-7,14-16,19-20,26,31H,8-13H2,1-3H3;7-8,13-14,17,25H,3-6,9-12H2,1-2H3,(H,26,27,28,29). The molecule has 2 aliphatic heterocycles. The Bertz CT molecular complexity index is 2530. The lowest BCUT2D eigenvalue weighted by Crippen LogP contribution is -2.51. The Balaban J connectivity index is 0.000000177. The van der Waals surface area contributed by atoms with Crippen molar-refractivity contribution in [3.05, 3.63) is 98.4 Å². The normalized spacial score (nSPS) is 19.3. The number of nitrogens with zero attached hydrogens (tertiary/aromatic N) is 9. The second kappa shape index (κ2) is 20.3. The van der Waals surface area contributed by atoms with E-state index in [2.05, 4.69) is 66.5 Å². The Kier molecular flexibility index (Phi) is 14.4. The van der Waals surface area contributed by atoms with Crippen molar-refractivity contribution in [1.82, 2.24) is 45.0 Å². The minimum Gasteiger partial charge on any atom is -0.387 e. The fourth-order valence-corrected chi connectivity index (χ4v) is 9.83. The smallest absolute Gasteiger partial charge is 0.263 e. The lowest BCUT2D eigenvalue weighted by molar-refractivity contribution is -0.133. The maximum atomic E-state index is 13.5. The maximum absolute atomic E-state index is 13.5. The number of benzene rings is 1. The molecular weight excluding hydrogens is 844 g/mol. The van der Waals surface area contributed by atoms with Gasteiger partial charge >= 0.3 is 0 Å². The van der Waals surface area contributed by atoms with Gasteiger partial charge in [0.15, 0.2) is 5.78 Å². The Labute approximate surface area is 385 Å². The van der Waals surface area contributed by atoms with E-state index in [0.29, 0.717) is 73.2 Å². The molecule has 2 saturated heterocycles. The van der Waals surface area contributed by atoms with Crippen LogP contribution in [-0.2, 0) is 4.79 Å². The maximum Gasteiger partial charge on any atom is 0.263 e. The van der Waals surface area contributed by atoms with Crippen LogP contribution in [0.1, 0.15) is 117 Å². The first-order valence-electron chi connectivity index (χ1n) is 23.0. The number of aliphatic hydroxyl groups is 1. The highest BCUT2D eigenvalue weighted by Gasteiger charge is 2.35. The molecule has 0 bridgehead atoms. The van der Waals surface area contributed by atoms with Crippen molar-refractivity contribution in [1.29, 1.82) is 0 Å². The van der Waals surface area contributed by atoms with Crippen LogP contribution in [0.2, 0.25) is 5.02 Å². The molecule has 1 saturated carbocycles. The molecule has 4 aliphatic rings. The van der Waals surface area contributed by atoms with E-state index >= 15 is 0 Å². The molecule has 5 aromatic rings. The number of aromatic nitrogens is 6. The number of nitrogens with one attached hydrogen (secondary N) is 3. The molecule has 16 nitrogen and oxygen atoms in total. The number of pyridine rings is 2. The van der Waals surface area contributed by atoms with Gasteiger partial charge in [0, 0.05) is 93.2 Å². The molecule has 2 aliphatic carbocycles. The number of halogens is 1. The van der Waals surface area contributed by atoms with Crippen molar-refractivity contribution in [3.63, 3.8) is 0 Å². The highest BCUT2D eigenvalue weighted by molar-refractivity contribution is 6.30. The van der Waals surface area contributed by atoms with Crippen molar-refractivity contribution in [2.45, 2.75) is 96.7 Å². The summed E-state index contributed by atoms with van der Waals surface area (Å²) in [5.74, 6) is 1.82. The molecule has 6 heterocycles. The van der Waals surface area contributed by atoms with Crippen LogP contribution in [0, 0.1) is 6.92 Å². The van der Waals surface area contributed by atoms with Gasteiger partial charge in [0.1, 0.15) is 23.6 Å². The third-order valence-electron chi connectivity index (χ3n) is 13.2. The third-order valence-corrected chi connectivity index (χ3v) is 13.4. The number of hydrogen-bond donors (Lipinski definition) is 4. The average molecular weight is 906 g/mol. The van der Waals surface area contributed by atoms with Crippen molar-refractivity contribution in [2.75, 3.05) is 74.0 Å². The van der Waals surface area contributed by atoms with Crippen molar-refractivity contribution in [3.8, 4) is 0 Å². The van der Waals surface area contributed by atoms with Crippen LogP contribution < -0.4 is 31.3 Å². The van der Waals surface area contributed by atoms with Gasteiger partial charge in [0.25, 0.3) is 5.56 Å². The fourth-order valence-electron chi connectivity index (χ4n) is 9.70. The van der Waals surface area contributed by atoms with E-state index in [0.717, 1.165) is 85.6 Å². The molecule has 0 radical (unpaired) electrons. The first-order valence-corrected chi connectivity index (χ1v) is 23.4. The Morgan fingerprint density at radius 3 is 2.31 bits per heavy atom. The largest absolute Gasteiger partial charge is 0.387 e. The molecule has 9 rings (SSSR count). The number of ketones is 1. The van der Waals surface area contributed by atoms with E-state index in [1.807, 2.05) is 47.5 Å². The highest BCUT2D eigenvalue weighted by atomic mass is 35.5. The van der Waals surface area contributed by atoms with Crippen molar-refractivity contribution >= 4 is 57.6 Å². The van der Waals surface area contributed by atoms with Crippen LogP contribution in [-0.4, -0.2) is 116 Å². The van der Waals surface area contributed by atoms with Crippen LogP contribution in [0.25, 0.3) is 11.0 Å². The minimum absolute atomic E-state index is 0.0536. The van der Waals surface area contributed by atoms with Crippen molar-refractivity contribution < 1.29 is 14.7 Å². The van der Waals surface area contributed by atoms with E-state index in [9.17, 15) is 19.5 Å². The number of piperazine rings is 2. The lowest BCUT2D eigenvalue weighted by atomic mass is 9.96. The van der Waals surface area contributed by atoms with Gasteiger partial charge in [0.2, 0.25) is 11.9 Å². The van der Waals surface area contributed by atoms with Crippen molar-refractivity contribution in [2.24, 2.45) is 0 Å². The Hall–Kier alpha value is -5.55. The zero-order valence-corrected chi connectivity index (χ0v) is 38.8. The molecule has 1 amide bonds. The quantitative estimate of drug-likeness (QED) is 0.112. The summed E-state index contributed by atoms with van der Waals surface area (Å²) in [5.41, 5.74) is 5.08. The molecule has 1 aromatic carbocycles.